The fourth-order valence-corrected chi connectivity index (χ4v) is 1.71. The van der Waals surface area contributed by atoms with Crippen molar-refractivity contribution >= 4 is 17.3 Å². The summed E-state index contributed by atoms with van der Waals surface area (Å²) in [6.07, 6.45) is 1.77. The highest BCUT2D eigenvalue weighted by molar-refractivity contribution is 6.30. The maximum Gasteiger partial charge on any atom is 0.0807 e. The van der Waals surface area contributed by atoms with Crippen LogP contribution in [0.15, 0.2) is 48.7 Å². The Hall–Kier alpha value is -1.58. The van der Waals surface area contributed by atoms with Gasteiger partial charge in [-0.25, -0.2) is 0 Å². The van der Waals surface area contributed by atoms with Crippen LogP contribution < -0.4 is 11.1 Å². The van der Waals surface area contributed by atoms with Crippen LogP contribution in [0.5, 0.6) is 0 Å². The molecule has 1 atom stereocenters. The molecule has 0 saturated heterocycles. The largest absolute Gasteiger partial charge is 0.375 e. The van der Waals surface area contributed by atoms with Gasteiger partial charge in [-0.15, -0.1) is 0 Å². The van der Waals surface area contributed by atoms with Crippen molar-refractivity contribution in [2.45, 2.75) is 6.04 Å². The normalized spacial score (nSPS) is 12.1. The molecule has 1 aromatic carbocycles. The molecule has 0 aliphatic rings. The quantitative estimate of drug-likeness (QED) is 0.874. The number of pyridine rings is 1. The van der Waals surface area contributed by atoms with Crippen LogP contribution in [0.25, 0.3) is 0 Å². The molecule has 0 radical (unpaired) electrons. The third-order valence-corrected chi connectivity index (χ3v) is 2.72. The lowest BCUT2D eigenvalue weighted by Gasteiger charge is -2.17. The molecule has 2 rings (SSSR count). The molecule has 1 aromatic heterocycles. The van der Waals surface area contributed by atoms with Gasteiger partial charge < -0.3 is 11.1 Å². The number of halogens is 1. The van der Waals surface area contributed by atoms with E-state index in [9.17, 15) is 0 Å². The maximum absolute atomic E-state index is 5.83. The van der Waals surface area contributed by atoms with Gasteiger partial charge in [0.15, 0.2) is 0 Å². The first kappa shape index (κ1) is 11.9. The Morgan fingerprint density at radius 2 is 1.94 bits per heavy atom. The van der Waals surface area contributed by atoms with Crippen LogP contribution in [0.2, 0.25) is 5.02 Å². The number of benzene rings is 1. The molecular formula is C13H14ClN3. The minimum absolute atomic E-state index is 0.0115. The Balaban J connectivity index is 2.13. The van der Waals surface area contributed by atoms with Crippen molar-refractivity contribution in [1.82, 2.24) is 4.98 Å². The Labute approximate surface area is 106 Å². The molecular weight excluding hydrogens is 234 g/mol. The Bertz CT molecular complexity index is 456. The van der Waals surface area contributed by atoms with Crippen LogP contribution in [0.3, 0.4) is 0 Å². The highest BCUT2D eigenvalue weighted by Gasteiger charge is 2.09. The van der Waals surface area contributed by atoms with Crippen molar-refractivity contribution in [2.24, 2.45) is 5.73 Å². The number of hydrogen-bond donors (Lipinski definition) is 2. The standard InChI is InChI=1S/C13H14ClN3/c14-10-4-6-11(7-5-10)17-13(9-15)12-3-1-2-8-16-12/h1-8,13,17H,9,15H2. The zero-order valence-electron chi connectivity index (χ0n) is 9.31. The summed E-state index contributed by atoms with van der Waals surface area (Å²) in [5.41, 5.74) is 7.67. The van der Waals surface area contributed by atoms with E-state index in [1.165, 1.54) is 0 Å². The monoisotopic (exact) mass is 247 g/mol. The number of aromatic nitrogens is 1. The van der Waals surface area contributed by atoms with Gasteiger partial charge >= 0.3 is 0 Å². The molecule has 0 amide bonds. The van der Waals surface area contributed by atoms with E-state index >= 15 is 0 Å². The molecule has 88 valence electrons. The summed E-state index contributed by atoms with van der Waals surface area (Å²) in [6.45, 7) is 0.486. The summed E-state index contributed by atoms with van der Waals surface area (Å²) < 4.78 is 0. The molecule has 4 heteroatoms. The van der Waals surface area contributed by atoms with Crippen LogP contribution in [-0.4, -0.2) is 11.5 Å². The van der Waals surface area contributed by atoms with E-state index in [0.29, 0.717) is 6.54 Å². The van der Waals surface area contributed by atoms with E-state index in [-0.39, 0.29) is 6.04 Å². The second-order valence-electron chi connectivity index (χ2n) is 3.69. The van der Waals surface area contributed by atoms with Crippen molar-refractivity contribution in [1.29, 1.82) is 0 Å². The summed E-state index contributed by atoms with van der Waals surface area (Å²) >= 11 is 5.83. The Morgan fingerprint density at radius 1 is 1.18 bits per heavy atom. The number of hydrogen-bond acceptors (Lipinski definition) is 3. The highest BCUT2D eigenvalue weighted by Crippen LogP contribution is 2.19. The lowest BCUT2D eigenvalue weighted by molar-refractivity contribution is 0.760. The number of nitrogens with two attached hydrogens (primary N) is 1. The molecule has 0 aliphatic heterocycles. The molecule has 0 aliphatic carbocycles. The number of nitrogens with one attached hydrogen (secondary N) is 1. The molecule has 3 N–H and O–H groups in total. The van der Waals surface area contributed by atoms with Crippen molar-refractivity contribution in [2.75, 3.05) is 11.9 Å². The van der Waals surface area contributed by atoms with Gasteiger partial charge in [0.2, 0.25) is 0 Å². The minimum atomic E-state index is 0.0115. The zero-order valence-corrected chi connectivity index (χ0v) is 10.1. The molecule has 1 heterocycles. The topological polar surface area (TPSA) is 50.9 Å². The van der Waals surface area contributed by atoms with Crippen molar-refractivity contribution in [3.63, 3.8) is 0 Å². The van der Waals surface area contributed by atoms with Crippen molar-refractivity contribution < 1.29 is 0 Å². The first-order chi connectivity index (χ1) is 8.29. The van der Waals surface area contributed by atoms with Gasteiger partial charge in [0, 0.05) is 23.5 Å². The van der Waals surface area contributed by atoms with Crippen LogP contribution in [0.4, 0.5) is 5.69 Å². The molecule has 2 aromatic rings. The summed E-state index contributed by atoms with van der Waals surface area (Å²) in [4.78, 5) is 4.30. The van der Waals surface area contributed by atoms with Gasteiger partial charge in [-0.3, -0.25) is 4.98 Å². The molecule has 1 unspecified atom stereocenters. The SMILES string of the molecule is NCC(Nc1ccc(Cl)cc1)c1ccccn1. The first-order valence-corrected chi connectivity index (χ1v) is 5.80. The van der Waals surface area contributed by atoms with Crippen molar-refractivity contribution in [3.8, 4) is 0 Å². The van der Waals surface area contributed by atoms with Gasteiger partial charge in [-0.2, -0.15) is 0 Å². The maximum atomic E-state index is 5.83. The van der Waals surface area contributed by atoms with Crippen LogP contribution in [-0.2, 0) is 0 Å². The third-order valence-electron chi connectivity index (χ3n) is 2.47. The second kappa shape index (κ2) is 5.66. The summed E-state index contributed by atoms with van der Waals surface area (Å²) in [5, 5.41) is 4.05. The lowest BCUT2D eigenvalue weighted by atomic mass is 10.1. The van der Waals surface area contributed by atoms with Gasteiger partial charge in [0.05, 0.1) is 11.7 Å². The van der Waals surface area contributed by atoms with E-state index in [2.05, 4.69) is 10.3 Å². The predicted molar refractivity (Wildman–Crippen MR) is 71.1 cm³/mol. The van der Waals surface area contributed by atoms with Gasteiger partial charge in [0.25, 0.3) is 0 Å². The number of nitrogens with zero attached hydrogens (tertiary/aromatic N) is 1. The molecule has 3 nitrogen and oxygen atoms in total. The van der Waals surface area contributed by atoms with Gasteiger partial charge in [-0.1, -0.05) is 17.7 Å². The minimum Gasteiger partial charge on any atom is -0.375 e. The zero-order chi connectivity index (χ0) is 12.1. The fourth-order valence-electron chi connectivity index (χ4n) is 1.58. The highest BCUT2D eigenvalue weighted by atomic mass is 35.5. The Kier molecular flexibility index (Phi) is 3.96. The molecule has 0 fully saturated rings. The van der Waals surface area contributed by atoms with Gasteiger partial charge in [0.1, 0.15) is 0 Å². The molecule has 0 bridgehead atoms. The molecule has 0 saturated carbocycles. The number of anilines is 1. The third kappa shape index (κ3) is 3.19. The molecule has 17 heavy (non-hydrogen) atoms. The van der Waals surface area contributed by atoms with Gasteiger partial charge in [-0.05, 0) is 36.4 Å². The van der Waals surface area contributed by atoms with E-state index in [0.717, 1.165) is 16.4 Å². The average molecular weight is 248 g/mol. The van der Waals surface area contributed by atoms with Crippen LogP contribution in [0, 0.1) is 0 Å². The lowest BCUT2D eigenvalue weighted by Crippen LogP contribution is -2.21. The average Bonchev–Trinajstić information content (AvgIpc) is 2.39. The van der Waals surface area contributed by atoms with E-state index in [1.807, 2.05) is 42.5 Å². The van der Waals surface area contributed by atoms with E-state index in [4.69, 9.17) is 17.3 Å². The molecule has 0 spiro atoms. The summed E-state index contributed by atoms with van der Waals surface area (Å²) in [7, 11) is 0. The summed E-state index contributed by atoms with van der Waals surface area (Å²) in [6, 6.07) is 13.3. The van der Waals surface area contributed by atoms with E-state index in [1.54, 1.807) is 6.20 Å². The van der Waals surface area contributed by atoms with Crippen LogP contribution >= 0.6 is 11.6 Å². The van der Waals surface area contributed by atoms with E-state index < -0.39 is 0 Å². The Morgan fingerprint density at radius 3 is 2.53 bits per heavy atom. The number of rotatable bonds is 4. The first-order valence-electron chi connectivity index (χ1n) is 5.42. The fraction of sp³-hybridized carbons (Fsp3) is 0.154. The van der Waals surface area contributed by atoms with Crippen molar-refractivity contribution in [3.05, 3.63) is 59.4 Å². The van der Waals surface area contributed by atoms with Crippen LogP contribution in [0.1, 0.15) is 11.7 Å². The summed E-state index contributed by atoms with van der Waals surface area (Å²) in [5.74, 6) is 0. The smallest absolute Gasteiger partial charge is 0.0807 e. The predicted octanol–water partition coefficient (Wildman–Crippen LogP) is 2.85. The second-order valence-corrected chi connectivity index (χ2v) is 4.13.